The number of rotatable bonds is 8. The molecule has 0 amide bonds. The third kappa shape index (κ3) is 5.61. The number of ether oxygens (including phenoxy) is 1. The molecule has 112 valence electrons. The normalized spacial score (nSPS) is 13.0. The van der Waals surface area contributed by atoms with Gasteiger partial charge in [-0.05, 0) is 50.3 Å². The number of benzene rings is 1. The zero-order valence-electron chi connectivity index (χ0n) is 11.6. The molecule has 1 atom stereocenters. The van der Waals surface area contributed by atoms with Gasteiger partial charge < -0.3 is 15.6 Å². The van der Waals surface area contributed by atoms with E-state index in [4.69, 9.17) is 27.2 Å². The van der Waals surface area contributed by atoms with Crippen molar-refractivity contribution < 1.29 is 14.6 Å². The standard InChI is InChI=1S/C14H20ClNO3S/c1-14(2,12(16)13(17)18)20-9-3-8-19-11-6-4-10(15)5-7-11/h4-7,12H,3,8-9,16H2,1-2H3,(H,17,18)/t12-/m1/s1. The monoisotopic (exact) mass is 317 g/mol. The number of nitrogens with two attached hydrogens (primary N) is 1. The molecule has 0 spiro atoms. The van der Waals surface area contributed by atoms with E-state index >= 15 is 0 Å². The van der Waals surface area contributed by atoms with Gasteiger partial charge in [0.15, 0.2) is 0 Å². The van der Waals surface area contributed by atoms with Crippen molar-refractivity contribution in [2.24, 2.45) is 5.73 Å². The molecule has 0 unspecified atom stereocenters. The van der Waals surface area contributed by atoms with Gasteiger partial charge in [-0.25, -0.2) is 0 Å². The third-order valence-electron chi connectivity index (χ3n) is 2.86. The minimum Gasteiger partial charge on any atom is -0.494 e. The Balaban J connectivity index is 2.25. The predicted octanol–water partition coefficient (Wildman–Crippen LogP) is 3.03. The van der Waals surface area contributed by atoms with Gasteiger partial charge in [0.1, 0.15) is 11.8 Å². The largest absolute Gasteiger partial charge is 0.494 e. The van der Waals surface area contributed by atoms with Crippen LogP contribution in [-0.4, -0.2) is 34.2 Å². The molecule has 0 radical (unpaired) electrons. The van der Waals surface area contributed by atoms with Crippen molar-refractivity contribution in [3.05, 3.63) is 29.3 Å². The van der Waals surface area contributed by atoms with Gasteiger partial charge in [-0.2, -0.15) is 11.8 Å². The van der Waals surface area contributed by atoms with Gasteiger partial charge >= 0.3 is 5.97 Å². The summed E-state index contributed by atoms with van der Waals surface area (Å²) in [5, 5.41) is 9.60. The Hall–Kier alpha value is -0.910. The Labute approximate surface area is 128 Å². The number of carboxylic acids is 1. The summed E-state index contributed by atoms with van der Waals surface area (Å²) in [6.45, 7) is 4.26. The summed E-state index contributed by atoms with van der Waals surface area (Å²) >= 11 is 7.33. The van der Waals surface area contributed by atoms with Crippen LogP contribution in [0.5, 0.6) is 5.75 Å². The molecule has 0 aliphatic heterocycles. The van der Waals surface area contributed by atoms with E-state index in [1.807, 2.05) is 26.0 Å². The highest BCUT2D eigenvalue weighted by Gasteiger charge is 2.32. The highest BCUT2D eigenvalue weighted by atomic mass is 35.5. The van der Waals surface area contributed by atoms with E-state index in [0.29, 0.717) is 11.6 Å². The van der Waals surface area contributed by atoms with Gasteiger partial charge in [-0.15, -0.1) is 0 Å². The van der Waals surface area contributed by atoms with Crippen molar-refractivity contribution in [3.63, 3.8) is 0 Å². The molecule has 20 heavy (non-hydrogen) atoms. The molecule has 0 bridgehead atoms. The molecule has 3 N–H and O–H groups in total. The van der Waals surface area contributed by atoms with Gasteiger partial charge in [0.25, 0.3) is 0 Å². The fourth-order valence-corrected chi connectivity index (χ4v) is 2.70. The molecule has 0 aliphatic rings. The van der Waals surface area contributed by atoms with Crippen LogP contribution >= 0.6 is 23.4 Å². The molecule has 1 rings (SSSR count). The maximum atomic E-state index is 10.9. The maximum absolute atomic E-state index is 10.9. The third-order valence-corrected chi connectivity index (χ3v) is 4.60. The lowest BCUT2D eigenvalue weighted by Crippen LogP contribution is -2.46. The molecule has 0 aliphatic carbocycles. The van der Waals surface area contributed by atoms with Crippen LogP contribution in [0, 0.1) is 0 Å². The number of thioether (sulfide) groups is 1. The van der Waals surface area contributed by atoms with E-state index in [1.54, 1.807) is 23.9 Å². The highest BCUT2D eigenvalue weighted by molar-refractivity contribution is 8.00. The smallest absolute Gasteiger partial charge is 0.321 e. The number of halogens is 1. The predicted molar refractivity (Wildman–Crippen MR) is 83.7 cm³/mol. The quantitative estimate of drug-likeness (QED) is 0.721. The summed E-state index contributed by atoms with van der Waals surface area (Å²) in [4.78, 5) is 10.9. The first-order chi connectivity index (χ1) is 9.33. The molecule has 1 aromatic rings. The van der Waals surface area contributed by atoms with Crippen LogP contribution < -0.4 is 10.5 Å². The van der Waals surface area contributed by atoms with Crippen molar-refractivity contribution in [1.82, 2.24) is 0 Å². The van der Waals surface area contributed by atoms with Crippen LogP contribution in [0.1, 0.15) is 20.3 Å². The second-order valence-electron chi connectivity index (χ2n) is 4.92. The summed E-state index contributed by atoms with van der Waals surface area (Å²) in [6, 6.07) is 6.32. The molecule has 0 fully saturated rings. The summed E-state index contributed by atoms with van der Waals surface area (Å²) < 4.78 is 5.07. The first-order valence-electron chi connectivity index (χ1n) is 6.33. The minimum atomic E-state index is -0.972. The molecule has 1 aromatic carbocycles. The summed E-state index contributed by atoms with van der Waals surface area (Å²) in [6.07, 6.45) is 0.822. The van der Waals surface area contributed by atoms with E-state index in [9.17, 15) is 4.79 Å². The second kappa shape index (κ2) is 7.76. The molecule has 0 aromatic heterocycles. The van der Waals surface area contributed by atoms with E-state index < -0.39 is 16.8 Å². The van der Waals surface area contributed by atoms with Crippen molar-refractivity contribution in [2.75, 3.05) is 12.4 Å². The van der Waals surface area contributed by atoms with Crippen LogP contribution in [0.15, 0.2) is 24.3 Å². The molecule has 0 saturated heterocycles. The van der Waals surface area contributed by atoms with Crippen LogP contribution in [0.2, 0.25) is 5.02 Å². The van der Waals surface area contributed by atoms with Crippen LogP contribution in [0.25, 0.3) is 0 Å². The molecule has 0 saturated carbocycles. The van der Waals surface area contributed by atoms with Gasteiger partial charge in [-0.1, -0.05) is 11.6 Å². The maximum Gasteiger partial charge on any atom is 0.321 e. The summed E-state index contributed by atoms with van der Waals surface area (Å²) in [7, 11) is 0. The van der Waals surface area contributed by atoms with E-state index in [-0.39, 0.29) is 0 Å². The second-order valence-corrected chi connectivity index (χ2v) is 7.11. The first-order valence-corrected chi connectivity index (χ1v) is 7.70. The SMILES string of the molecule is CC(C)(SCCCOc1ccc(Cl)cc1)[C@H](N)C(=O)O. The number of aliphatic carboxylic acids is 1. The number of hydrogen-bond donors (Lipinski definition) is 2. The molecule has 6 heteroatoms. The topological polar surface area (TPSA) is 72.5 Å². The molecule has 4 nitrogen and oxygen atoms in total. The lowest BCUT2D eigenvalue weighted by atomic mass is 10.1. The van der Waals surface area contributed by atoms with Crippen LogP contribution in [0.3, 0.4) is 0 Å². The molecule has 0 heterocycles. The highest BCUT2D eigenvalue weighted by Crippen LogP contribution is 2.28. The minimum absolute atomic E-state index is 0.494. The van der Waals surface area contributed by atoms with E-state index in [0.717, 1.165) is 17.9 Å². The zero-order valence-corrected chi connectivity index (χ0v) is 13.2. The van der Waals surface area contributed by atoms with Gasteiger partial charge in [-0.3, -0.25) is 4.79 Å². The number of carboxylic acid groups (broad SMARTS) is 1. The summed E-state index contributed by atoms with van der Waals surface area (Å²) in [5.41, 5.74) is 5.65. The Bertz CT molecular complexity index is 437. The Morgan fingerprint density at radius 2 is 2.05 bits per heavy atom. The molecular weight excluding hydrogens is 298 g/mol. The number of carbonyl (C=O) groups is 1. The Morgan fingerprint density at radius 3 is 2.60 bits per heavy atom. The van der Waals surface area contributed by atoms with Gasteiger partial charge in [0.2, 0.25) is 0 Å². The molecular formula is C14H20ClNO3S. The zero-order chi connectivity index (χ0) is 15.2. The fourth-order valence-electron chi connectivity index (χ4n) is 1.50. The first kappa shape index (κ1) is 17.1. The van der Waals surface area contributed by atoms with Crippen molar-refractivity contribution >= 4 is 29.3 Å². The van der Waals surface area contributed by atoms with Crippen molar-refractivity contribution in [2.45, 2.75) is 31.1 Å². The number of hydrogen-bond acceptors (Lipinski definition) is 4. The van der Waals surface area contributed by atoms with Crippen LogP contribution in [0.4, 0.5) is 0 Å². The Kier molecular flexibility index (Phi) is 6.65. The van der Waals surface area contributed by atoms with E-state index in [1.165, 1.54) is 0 Å². The lowest BCUT2D eigenvalue weighted by Gasteiger charge is -2.27. The van der Waals surface area contributed by atoms with Crippen molar-refractivity contribution in [3.8, 4) is 5.75 Å². The Morgan fingerprint density at radius 1 is 1.45 bits per heavy atom. The average Bonchev–Trinajstić information content (AvgIpc) is 2.39. The summed E-state index contributed by atoms with van der Waals surface area (Å²) in [5.74, 6) is 0.600. The fraction of sp³-hybridized carbons (Fsp3) is 0.500. The van der Waals surface area contributed by atoms with E-state index in [2.05, 4.69) is 0 Å². The average molecular weight is 318 g/mol. The van der Waals surface area contributed by atoms with Crippen molar-refractivity contribution in [1.29, 1.82) is 0 Å². The van der Waals surface area contributed by atoms with Gasteiger partial charge in [0.05, 0.1) is 6.61 Å². The van der Waals surface area contributed by atoms with Gasteiger partial charge in [0, 0.05) is 9.77 Å². The lowest BCUT2D eigenvalue weighted by molar-refractivity contribution is -0.139. The van der Waals surface area contributed by atoms with Crippen LogP contribution in [-0.2, 0) is 4.79 Å².